The van der Waals surface area contributed by atoms with Gasteiger partial charge in [-0.3, -0.25) is 9.89 Å². The van der Waals surface area contributed by atoms with E-state index in [2.05, 4.69) is 43.2 Å². The highest BCUT2D eigenvalue weighted by atomic mass is 35.5. The van der Waals surface area contributed by atoms with Crippen molar-refractivity contribution in [1.82, 2.24) is 14.6 Å². The summed E-state index contributed by atoms with van der Waals surface area (Å²) < 4.78 is 1.52. The Hall–Kier alpha value is -2.50. The number of hydrogen-bond donors (Lipinski definition) is 1. The molecule has 0 unspecified atom stereocenters. The van der Waals surface area contributed by atoms with E-state index >= 15 is 0 Å². The lowest BCUT2D eigenvalue weighted by molar-refractivity contribution is 0.851. The fourth-order valence-corrected chi connectivity index (χ4v) is 4.18. The molecular weight excluding hydrogens is 390 g/mol. The van der Waals surface area contributed by atoms with Crippen molar-refractivity contribution in [3.63, 3.8) is 0 Å². The van der Waals surface area contributed by atoms with Crippen molar-refractivity contribution in [3.05, 3.63) is 86.9 Å². The van der Waals surface area contributed by atoms with Gasteiger partial charge in [-0.15, -0.1) is 11.8 Å². The summed E-state index contributed by atoms with van der Waals surface area (Å²) in [7, 11) is 0. The number of thioether (sulfide) groups is 1. The second-order valence-electron chi connectivity index (χ2n) is 6.68. The van der Waals surface area contributed by atoms with Crippen molar-refractivity contribution in [2.75, 3.05) is 0 Å². The Bertz CT molecular complexity index is 1190. The molecule has 0 aliphatic carbocycles. The lowest BCUT2D eigenvalue weighted by Crippen LogP contribution is -2.15. The Balaban J connectivity index is 1.77. The number of aromatic nitrogens is 3. The number of rotatable bonds is 5. The van der Waals surface area contributed by atoms with Crippen LogP contribution in [0, 0.1) is 6.92 Å². The van der Waals surface area contributed by atoms with Crippen molar-refractivity contribution in [2.45, 2.75) is 30.9 Å². The maximum absolute atomic E-state index is 12.7. The standard InChI is InChI=1S/C22H20ClN3OS/c1-3-19-21(15-5-4-6-16(23)11-15)22-24-17(12-20(27)26(22)25-19)13-28-18-9-7-14(2)8-10-18/h4-12,25H,3,13H2,1-2H3. The van der Waals surface area contributed by atoms with E-state index in [9.17, 15) is 4.79 Å². The van der Waals surface area contributed by atoms with E-state index in [1.807, 2.05) is 24.3 Å². The lowest BCUT2D eigenvalue weighted by Gasteiger charge is -2.05. The third-order valence-corrected chi connectivity index (χ3v) is 5.90. The van der Waals surface area contributed by atoms with Gasteiger partial charge in [0.1, 0.15) is 0 Å². The average Bonchev–Trinajstić information content (AvgIpc) is 3.07. The van der Waals surface area contributed by atoms with Crippen LogP contribution in [0.4, 0.5) is 0 Å². The summed E-state index contributed by atoms with van der Waals surface area (Å²) >= 11 is 7.87. The van der Waals surface area contributed by atoms with Gasteiger partial charge in [0, 0.05) is 33.0 Å². The molecule has 2 aromatic heterocycles. The van der Waals surface area contributed by atoms with Gasteiger partial charge in [-0.2, -0.15) is 0 Å². The van der Waals surface area contributed by atoms with Gasteiger partial charge in [-0.05, 0) is 43.2 Å². The summed E-state index contributed by atoms with van der Waals surface area (Å²) in [4.78, 5) is 18.7. The molecule has 2 heterocycles. The molecule has 0 aliphatic rings. The molecular formula is C22H20ClN3OS. The number of benzene rings is 2. The van der Waals surface area contributed by atoms with Gasteiger partial charge in [-0.1, -0.05) is 48.4 Å². The largest absolute Gasteiger partial charge is 0.293 e. The van der Waals surface area contributed by atoms with Crippen LogP contribution in [0.1, 0.15) is 23.9 Å². The minimum atomic E-state index is -0.104. The minimum absolute atomic E-state index is 0.104. The number of nitrogens with one attached hydrogen (secondary N) is 1. The number of aryl methyl sites for hydroxylation is 2. The molecule has 2 aromatic carbocycles. The van der Waals surface area contributed by atoms with Crippen LogP contribution in [0.5, 0.6) is 0 Å². The van der Waals surface area contributed by atoms with Gasteiger partial charge >= 0.3 is 0 Å². The van der Waals surface area contributed by atoms with Crippen molar-refractivity contribution < 1.29 is 0 Å². The van der Waals surface area contributed by atoms with Crippen LogP contribution in [-0.4, -0.2) is 14.6 Å². The topological polar surface area (TPSA) is 50.2 Å². The number of halogens is 1. The van der Waals surface area contributed by atoms with E-state index < -0.39 is 0 Å². The van der Waals surface area contributed by atoms with Crippen molar-refractivity contribution >= 4 is 29.0 Å². The molecule has 1 N–H and O–H groups in total. The maximum Gasteiger partial charge on any atom is 0.272 e. The van der Waals surface area contributed by atoms with Gasteiger partial charge in [0.2, 0.25) is 0 Å². The Kier molecular flexibility index (Phi) is 5.29. The van der Waals surface area contributed by atoms with Crippen molar-refractivity contribution in [2.24, 2.45) is 0 Å². The molecule has 142 valence electrons. The first-order valence-electron chi connectivity index (χ1n) is 9.14. The number of fused-ring (bicyclic) bond motifs is 1. The predicted octanol–water partition coefficient (Wildman–Crippen LogP) is 5.51. The number of nitrogens with zero attached hydrogens (tertiary/aromatic N) is 2. The van der Waals surface area contributed by atoms with E-state index in [4.69, 9.17) is 16.6 Å². The SMILES string of the molecule is CCc1[nH]n2c(=O)cc(CSc3ccc(C)cc3)nc2c1-c1cccc(Cl)c1. The van der Waals surface area contributed by atoms with Gasteiger partial charge in [0.05, 0.1) is 5.69 Å². The summed E-state index contributed by atoms with van der Waals surface area (Å²) in [5.74, 6) is 0.635. The smallest absolute Gasteiger partial charge is 0.272 e. The second-order valence-corrected chi connectivity index (χ2v) is 8.16. The Labute approximate surface area is 172 Å². The van der Waals surface area contributed by atoms with E-state index in [0.29, 0.717) is 16.4 Å². The molecule has 28 heavy (non-hydrogen) atoms. The van der Waals surface area contributed by atoms with E-state index in [-0.39, 0.29) is 5.56 Å². The summed E-state index contributed by atoms with van der Waals surface area (Å²) in [6, 6.07) is 17.6. The van der Waals surface area contributed by atoms with Crippen LogP contribution < -0.4 is 5.56 Å². The molecule has 4 nitrogen and oxygen atoms in total. The normalized spacial score (nSPS) is 11.2. The molecule has 0 fully saturated rings. The molecule has 0 spiro atoms. The Morgan fingerprint density at radius 1 is 1.14 bits per heavy atom. The third kappa shape index (κ3) is 3.73. The molecule has 0 bridgehead atoms. The molecule has 4 rings (SSSR count). The maximum atomic E-state index is 12.7. The average molecular weight is 410 g/mol. The first-order chi connectivity index (χ1) is 13.5. The van der Waals surface area contributed by atoms with Crippen LogP contribution in [0.3, 0.4) is 0 Å². The monoisotopic (exact) mass is 409 g/mol. The van der Waals surface area contributed by atoms with Gasteiger partial charge in [-0.25, -0.2) is 9.50 Å². The zero-order valence-electron chi connectivity index (χ0n) is 15.7. The highest BCUT2D eigenvalue weighted by Crippen LogP contribution is 2.30. The molecule has 0 amide bonds. The molecule has 0 saturated carbocycles. The Morgan fingerprint density at radius 3 is 2.64 bits per heavy atom. The van der Waals surface area contributed by atoms with Gasteiger partial charge in [0.15, 0.2) is 5.65 Å². The molecule has 0 saturated heterocycles. The zero-order chi connectivity index (χ0) is 19.7. The van der Waals surface area contributed by atoms with Crippen molar-refractivity contribution in [1.29, 1.82) is 0 Å². The fourth-order valence-electron chi connectivity index (χ4n) is 3.20. The second kappa shape index (κ2) is 7.86. The first kappa shape index (κ1) is 18.8. The third-order valence-electron chi connectivity index (χ3n) is 4.62. The summed E-state index contributed by atoms with van der Waals surface area (Å²) in [5.41, 5.74) is 5.39. The van der Waals surface area contributed by atoms with Gasteiger partial charge in [0.25, 0.3) is 5.56 Å². The number of hydrogen-bond acceptors (Lipinski definition) is 3. The Morgan fingerprint density at radius 2 is 1.93 bits per heavy atom. The zero-order valence-corrected chi connectivity index (χ0v) is 17.3. The highest BCUT2D eigenvalue weighted by molar-refractivity contribution is 7.98. The van der Waals surface area contributed by atoms with Crippen LogP contribution in [0.2, 0.25) is 5.02 Å². The molecule has 0 aliphatic heterocycles. The molecule has 0 atom stereocenters. The van der Waals surface area contributed by atoms with E-state index in [0.717, 1.165) is 33.8 Å². The molecule has 0 radical (unpaired) electrons. The molecule has 6 heteroatoms. The van der Waals surface area contributed by atoms with E-state index in [1.54, 1.807) is 17.8 Å². The first-order valence-corrected chi connectivity index (χ1v) is 10.5. The molecule has 4 aromatic rings. The summed E-state index contributed by atoms with van der Waals surface area (Å²) in [5, 5.41) is 3.86. The van der Waals surface area contributed by atoms with Crippen LogP contribution in [0.25, 0.3) is 16.8 Å². The van der Waals surface area contributed by atoms with Crippen LogP contribution in [0.15, 0.2) is 64.3 Å². The summed E-state index contributed by atoms with van der Waals surface area (Å²) in [6.07, 6.45) is 0.762. The number of H-pyrrole nitrogens is 1. The van der Waals surface area contributed by atoms with Crippen molar-refractivity contribution in [3.8, 4) is 11.1 Å². The number of aromatic amines is 1. The van der Waals surface area contributed by atoms with E-state index in [1.165, 1.54) is 10.1 Å². The lowest BCUT2D eigenvalue weighted by atomic mass is 10.0. The fraction of sp³-hybridized carbons (Fsp3) is 0.182. The van der Waals surface area contributed by atoms with Crippen LogP contribution in [-0.2, 0) is 12.2 Å². The van der Waals surface area contributed by atoms with Gasteiger partial charge < -0.3 is 0 Å². The van der Waals surface area contributed by atoms with Crippen LogP contribution >= 0.6 is 23.4 Å². The minimum Gasteiger partial charge on any atom is -0.293 e. The quantitative estimate of drug-likeness (QED) is 0.442. The predicted molar refractivity (Wildman–Crippen MR) is 116 cm³/mol. The highest BCUT2D eigenvalue weighted by Gasteiger charge is 2.16. The summed E-state index contributed by atoms with van der Waals surface area (Å²) in [6.45, 7) is 4.12.